The maximum Gasteiger partial charge on any atom is 0.140 e. The predicted molar refractivity (Wildman–Crippen MR) is 56.3 cm³/mol. The second kappa shape index (κ2) is 4.87. The minimum atomic E-state index is 0.141. The number of hydrogen-bond acceptors (Lipinski definition) is 3. The highest BCUT2D eigenvalue weighted by molar-refractivity contribution is 9.10. The van der Waals surface area contributed by atoms with E-state index in [0.29, 0.717) is 23.1 Å². The summed E-state index contributed by atoms with van der Waals surface area (Å²) in [4.78, 5) is 0. The summed E-state index contributed by atoms with van der Waals surface area (Å²) in [6.07, 6.45) is 1.06. The van der Waals surface area contributed by atoms with E-state index in [1.165, 1.54) is 7.11 Å². The Bertz CT molecular complexity index is 371. The molecule has 0 aliphatic carbocycles. The Morgan fingerprint density at radius 1 is 1.57 bits per heavy atom. The third-order valence-corrected chi connectivity index (χ3v) is 2.63. The van der Waals surface area contributed by atoms with Crippen LogP contribution in [0.15, 0.2) is 16.6 Å². The fourth-order valence-corrected chi connectivity index (χ4v) is 1.74. The van der Waals surface area contributed by atoms with Crippen molar-refractivity contribution < 1.29 is 9.84 Å². The van der Waals surface area contributed by atoms with Gasteiger partial charge in [-0.2, -0.15) is 5.26 Å². The van der Waals surface area contributed by atoms with E-state index < -0.39 is 0 Å². The summed E-state index contributed by atoms with van der Waals surface area (Å²) in [6.45, 7) is 0. The Morgan fingerprint density at radius 2 is 2.29 bits per heavy atom. The molecule has 3 nitrogen and oxygen atoms in total. The molecule has 0 heterocycles. The summed E-state index contributed by atoms with van der Waals surface area (Å²) < 4.78 is 5.68. The largest absolute Gasteiger partial charge is 0.507 e. The molecule has 0 aliphatic heterocycles. The van der Waals surface area contributed by atoms with Crippen LogP contribution in [0.3, 0.4) is 0 Å². The molecule has 0 atom stereocenters. The lowest BCUT2D eigenvalue weighted by molar-refractivity contribution is 0.398. The number of benzene rings is 1. The molecule has 0 aromatic heterocycles. The van der Waals surface area contributed by atoms with E-state index in [0.717, 1.165) is 5.56 Å². The number of phenolic OH excluding ortho intramolecular Hbond substituents is 1. The van der Waals surface area contributed by atoms with Crippen LogP contribution in [0.1, 0.15) is 12.0 Å². The van der Waals surface area contributed by atoms with Gasteiger partial charge in [-0.1, -0.05) is 6.07 Å². The monoisotopic (exact) mass is 255 g/mol. The minimum absolute atomic E-state index is 0.141. The van der Waals surface area contributed by atoms with Crippen LogP contribution >= 0.6 is 15.9 Å². The molecule has 0 saturated carbocycles. The lowest BCUT2D eigenvalue weighted by Crippen LogP contribution is -1.93. The highest BCUT2D eigenvalue weighted by atomic mass is 79.9. The van der Waals surface area contributed by atoms with Crippen molar-refractivity contribution in [2.75, 3.05) is 7.11 Å². The Hall–Kier alpha value is -1.21. The molecule has 14 heavy (non-hydrogen) atoms. The number of hydrogen-bond donors (Lipinski definition) is 1. The molecule has 74 valence electrons. The number of aryl methyl sites for hydroxylation is 1. The highest BCUT2D eigenvalue weighted by Crippen LogP contribution is 2.36. The second-order valence-corrected chi connectivity index (χ2v) is 3.54. The van der Waals surface area contributed by atoms with Gasteiger partial charge in [0, 0.05) is 6.42 Å². The smallest absolute Gasteiger partial charge is 0.140 e. The molecule has 4 heteroatoms. The van der Waals surface area contributed by atoms with E-state index in [4.69, 9.17) is 10.00 Å². The molecule has 0 aliphatic rings. The molecular formula is C10H10BrNO2. The van der Waals surface area contributed by atoms with Crippen molar-refractivity contribution in [2.45, 2.75) is 12.8 Å². The van der Waals surface area contributed by atoms with Gasteiger partial charge in [-0.3, -0.25) is 0 Å². The first-order valence-electron chi connectivity index (χ1n) is 4.12. The fraction of sp³-hybridized carbons (Fsp3) is 0.300. The van der Waals surface area contributed by atoms with Crippen LogP contribution in [-0.4, -0.2) is 12.2 Å². The summed E-state index contributed by atoms with van der Waals surface area (Å²) in [5, 5.41) is 17.9. The van der Waals surface area contributed by atoms with Gasteiger partial charge >= 0.3 is 0 Å². The third kappa shape index (κ3) is 2.18. The van der Waals surface area contributed by atoms with Gasteiger partial charge in [0.15, 0.2) is 0 Å². The molecule has 1 aromatic carbocycles. The number of ether oxygens (including phenoxy) is 1. The van der Waals surface area contributed by atoms with Gasteiger partial charge in [-0.05, 0) is 34.0 Å². The van der Waals surface area contributed by atoms with Crippen molar-refractivity contribution in [1.29, 1.82) is 5.26 Å². The van der Waals surface area contributed by atoms with E-state index in [1.54, 1.807) is 12.1 Å². The predicted octanol–water partition coefficient (Wildman–Crippen LogP) is 2.62. The standard InChI is InChI=1S/C10H10BrNO2/c1-14-10-7(3-2-6-12)4-5-8(13)9(10)11/h4-5,13H,2-3H2,1H3. The topological polar surface area (TPSA) is 53.2 Å². The second-order valence-electron chi connectivity index (χ2n) is 2.75. The Balaban J connectivity index is 3.05. The van der Waals surface area contributed by atoms with E-state index >= 15 is 0 Å². The fourth-order valence-electron chi connectivity index (χ4n) is 1.19. The number of nitrogens with zero attached hydrogens (tertiary/aromatic N) is 1. The van der Waals surface area contributed by atoms with Gasteiger partial charge in [0.2, 0.25) is 0 Å². The molecule has 0 spiro atoms. The van der Waals surface area contributed by atoms with E-state index in [9.17, 15) is 5.11 Å². The molecule has 1 aromatic rings. The van der Waals surface area contributed by atoms with Crippen LogP contribution in [0, 0.1) is 11.3 Å². The van der Waals surface area contributed by atoms with E-state index in [-0.39, 0.29) is 5.75 Å². The van der Waals surface area contributed by atoms with Gasteiger partial charge in [-0.15, -0.1) is 0 Å². The normalized spacial score (nSPS) is 9.50. The lowest BCUT2D eigenvalue weighted by atomic mass is 10.1. The van der Waals surface area contributed by atoms with Crippen LogP contribution in [0.5, 0.6) is 11.5 Å². The summed E-state index contributed by atoms with van der Waals surface area (Å²) >= 11 is 3.23. The summed E-state index contributed by atoms with van der Waals surface area (Å²) in [6, 6.07) is 5.41. The molecular weight excluding hydrogens is 246 g/mol. The van der Waals surface area contributed by atoms with Crippen molar-refractivity contribution in [3.05, 3.63) is 22.2 Å². The number of aromatic hydroxyl groups is 1. The number of halogens is 1. The van der Waals surface area contributed by atoms with Crippen LogP contribution in [0.4, 0.5) is 0 Å². The quantitative estimate of drug-likeness (QED) is 0.904. The number of phenols is 1. The zero-order chi connectivity index (χ0) is 10.6. The van der Waals surface area contributed by atoms with Gasteiger partial charge in [0.1, 0.15) is 16.0 Å². The molecule has 0 saturated heterocycles. The van der Waals surface area contributed by atoms with E-state index in [1.807, 2.05) is 0 Å². The van der Waals surface area contributed by atoms with Gasteiger partial charge in [-0.25, -0.2) is 0 Å². The van der Waals surface area contributed by atoms with Crippen molar-refractivity contribution in [2.24, 2.45) is 0 Å². The Labute approximate surface area is 91.1 Å². The van der Waals surface area contributed by atoms with Crippen molar-refractivity contribution in [3.8, 4) is 17.6 Å². The SMILES string of the molecule is COc1c(CCC#N)ccc(O)c1Br. The number of rotatable bonds is 3. The van der Waals surface area contributed by atoms with Gasteiger partial charge in [0.25, 0.3) is 0 Å². The minimum Gasteiger partial charge on any atom is -0.507 e. The van der Waals surface area contributed by atoms with Crippen LogP contribution in [-0.2, 0) is 6.42 Å². The molecule has 0 amide bonds. The van der Waals surface area contributed by atoms with Gasteiger partial charge in [0.05, 0.1) is 13.2 Å². The van der Waals surface area contributed by atoms with Gasteiger partial charge < -0.3 is 9.84 Å². The zero-order valence-electron chi connectivity index (χ0n) is 7.75. The summed E-state index contributed by atoms with van der Waals surface area (Å²) in [7, 11) is 1.54. The van der Waals surface area contributed by atoms with Crippen molar-refractivity contribution >= 4 is 15.9 Å². The molecule has 1 rings (SSSR count). The third-order valence-electron chi connectivity index (χ3n) is 1.87. The zero-order valence-corrected chi connectivity index (χ0v) is 9.34. The average molecular weight is 256 g/mol. The first-order chi connectivity index (χ1) is 6.70. The molecule has 0 radical (unpaired) electrons. The molecule has 0 fully saturated rings. The number of nitriles is 1. The molecule has 0 bridgehead atoms. The first kappa shape index (κ1) is 10.9. The lowest BCUT2D eigenvalue weighted by Gasteiger charge is -2.10. The van der Waals surface area contributed by atoms with Crippen molar-refractivity contribution in [1.82, 2.24) is 0 Å². The van der Waals surface area contributed by atoms with Crippen LogP contribution in [0.25, 0.3) is 0 Å². The Morgan fingerprint density at radius 3 is 2.86 bits per heavy atom. The van der Waals surface area contributed by atoms with Crippen molar-refractivity contribution in [3.63, 3.8) is 0 Å². The first-order valence-corrected chi connectivity index (χ1v) is 4.91. The van der Waals surface area contributed by atoms with E-state index in [2.05, 4.69) is 22.0 Å². The van der Waals surface area contributed by atoms with Crippen LogP contribution < -0.4 is 4.74 Å². The Kier molecular flexibility index (Phi) is 3.78. The maximum absolute atomic E-state index is 9.39. The van der Waals surface area contributed by atoms with Crippen LogP contribution in [0.2, 0.25) is 0 Å². The summed E-state index contributed by atoms with van der Waals surface area (Å²) in [5.41, 5.74) is 0.915. The average Bonchev–Trinajstić information content (AvgIpc) is 2.20. The molecule has 1 N–H and O–H groups in total. The highest BCUT2D eigenvalue weighted by Gasteiger charge is 2.10. The molecule has 0 unspecified atom stereocenters. The summed E-state index contributed by atoms with van der Waals surface area (Å²) in [5.74, 6) is 0.739. The maximum atomic E-state index is 9.39. The number of methoxy groups -OCH3 is 1.